The molecule has 106 valence electrons. The van der Waals surface area contributed by atoms with Gasteiger partial charge < -0.3 is 5.73 Å². The van der Waals surface area contributed by atoms with E-state index in [4.69, 9.17) is 5.73 Å². The normalized spacial score (nSPS) is 18.4. The predicted octanol–water partition coefficient (Wildman–Crippen LogP) is 3.50. The number of rotatable bonds is 5. The molecule has 1 aromatic carbocycles. The second kappa shape index (κ2) is 6.44. The average molecular weight is 268 g/mol. The molecule has 0 radical (unpaired) electrons. The molecule has 2 N–H and O–H groups in total. The molecule has 0 spiro atoms. The molecule has 1 fully saturated rings. The summed E-state index contributed by atoms with van der Waals surface area (Å²) in [6, 6.07) is 7.27. The fourth-order valence-corrected chi connectivity index (χ4v) is 2.97. The third-order valence-corrected chi connectivity index (χ3v) is 4.19. The Bertz CT molecular complexity index is 386. The van der Waals surface area contributed by atoms with Crippen molar-refractivity contribution in [3.63, 3.8) is 0 Å². The Labute approximate surface area is 113 Å². The molecule has 1 aliphatic rings. The Hall–Kier alpha value is -1.00. The zero-order valence-corrected chi connectivity index (χ0v) is 11.4. The zero-order valence-electron chi connectivity index (χ0n) is 11.4. The van der Waals surface area contributed by atoms with Gasteiger partial charge in [-0.05, 0) is 25.5 Å². The third-order valence-electron chi connectivity index (χ3n) is 4.19. The molecular formula is C15H22F2N2. The van der Waals surface area contributed by atoms with Crippen LogP contribution in [-0.4, -0.2) is 24.5 Å². The van der Waals surface area contributed by atoms with Crippen molar-refractivity contribution in [3.05, 3.63) is 35.4 Å². The van der Waals surface area contributed by atoms with E-state index in [0.717, 1.165) is 5.56 Å². The second-order valence-electron chi connectivity index (χ2n) is 5.32. The van der Waals surface area contributed by atoms with Crippen molar-refractivity contribution in [1.82, 2.24) is 4.90 Å². The molecule has 19 heavy (non-hydrogen) atoms. The molecule has 1 unspecified atom stereocenters. The SMILES string of the molecule is CN(C1CCCC1)C(CN)c1ccc(C(F)F)cc1. The average Bonchev–Trinajstić information content (AvgIpc) is 2.94. The summed E-state index contributed by atoms with van der Waals surface area (Å²) in [5.74, 6) is 0. The Kier molecular flexibility index (Phi) is 4.88. The Morgan fingerprint density at radius 1 is 1.16 bits per heavy atom. The maximum absolute atomic E-state index is 12.6. The van der Waals surface area contributed by atoms with Crippen LogP contribution in [-0.2, 0) is 0 Å². The minimum absolute atomic E-state index is 0.0723. The number of hydrogen-bond donors (Lipinski definition) is 1. The Morgan fingerprint density at radius 3 is 2.16 bits per heavy atom. The lowest BCUT2D eigenvalue weighted by Gasteiger charge is -2.32. The van der Waals surface area contributed by atoms with Gasteiger partial charge in [-0.2, -0.15) is 0 Å². The standard InChI is InChI=1S/C15H22F2N2/c1-19(13-4-2-3-5-13)14(10-18)11-6-8-12(9-7-11)15(16)17/h6-9,13-15H,2-5,10,18H2,1H3. The van der Waals surface area contributed by atoms with Crippen molar-refractivity contribution < 1.29 is 8.78 Å². The lowest BCUT2D eigenvalue weighted by Crippen LogP contribution is -2.37. The van der Waals surface area contributed by atoms with Crippen molar-refractivity contribution in [2.24, 2.45) is 5.73 Å². The number of nitrogens with two attached hydrogens (primary N) is 1. The van der Waals surface area contributed by atoms with Crippen LogP contribution in [0.1, 0.15) is 49.3 Å². The lowest BCUT2D eigenvalue weighted by molar-refractivity contribution is 0.151. The maximum atomic E-state index is 12.6. The molecule has 1 aromatic rings. The second-order valence-corrected chi connectivity index (χ2v) is 5.32. The molecule has 0 heterocycles. The first-order valence-electron chi connectivity index (χ1n) is 6.93. The first-order chi connectivity index (χ1) is 9.13. The van der Waals surface area contributed by atoms with E-state index in [2.05, 4.69) is 11.9 Å². The summed E-state index contributed by atoms with van der Waals surface area (Å²) < 4.78 is 25.1. The number of hydrogen-bond acceptors (Lipinski definition) is 2. The van der Waals surface area contributed by atoms with Gasteiger partial charge in [-0.15, -0.1) is 0 Å². The third kappa shape index (κ3) is 3.31. The monoisotopic (exact) mass is 268 g/mol. The van der Waals surface area contributed by atoms with E-state index in [9.17, 15) is 8.78 Å². The first kappa shape index (κ1) is 14.4. The first-order valence-corrected chi connectivity index (χ1v) is 6.93. The van der Waals surface area contributed by atoms with Crippen LogP contribution >= 0.6 is 0 Å². The van der Waals surface area contributed by atoms with Crippen LogP contribution in [0.3, 0.4) is 0 Å². The number of likely N-dealkylation sites (N-methyl/N-ethyl adjacent to an activating group) is 1. The van der Waals surface area contributed by atoms with Gasteiger partial charge in [-0.25, -0.2) is 8.78 Å². The Balaban J connectivity index is 2.11. The lowest BCUT2D eigenvalue weighted by atomic mass is 10.0. The summed E-state index contributed by atoms with van der Waals surface area (Å²) in [5, 5.41) is 0. The van der Waals surface area contributed by atoms with Gasteiger partial charge in [0, 0.05) is 24.2 Å². The van der Waals surface area contributed by atoms with Crippen LogP contribution in [0.5, 0.6) is 0 Å². The highest BCUT2D eigenvalue weighted by atomic mass is 19.3. The molecule has 2 rings (SSSR count). The van der Waals surface area contributed by atoms with E-state index in [1.807, 2.05) is 0 Å². The van der Waals surface area contributed by atoms with Gasteiger partial charge in [0.1, 0.15) is 0 Å². The highest BCUT2D eigenvalue weighted by Crippen LogP contribution is 2.30. The van der Waals surface area contributed by atoms with E-state index in [0.29, 0.717) is 12.6 Å². The minimum atomic E-state index is -2.40. The summed E-state index contributed by atoms with van der Waals surface area (Å²) in [4.78, 5) is 2.31. The number of alkyl halides is 2. The number of benzene rings is 1. The smallest absolute Gasteiger partial charge is 0.263 e. The fraction of sp³-hybridized carbons (Fsp3) is 0.600. The van der Waals surface area contributed by atoms with Crippen LogP contribution in [0.15, 0.2) is 24.3 Å². The molecule has 4 heteroatoms. The van der Waals surface area contributed by atoms with Gasteiger partial charge in [0.2, 0.25) is 0 Å². The molecule has 0 aromatic heterocycles. The van der Waals surface area contributed by atoms with Gasteiger partial charge in [-0.1, -0.05) is 37.1 Å². The van der Waals surface area contributed by atoms with Crippen LogP contribution in [0.2, 0.25) is 0 Å². The molecule has 0 amide bonds. The predicted molar refractivity (Wildman–Crippen MR) is 73.2 cm³/mol. The topological polar surface area (TPSA) is 29.3 Å². The highest BCUT2D eigenvalue weighted by molar-refractivity contribution is 5.26. The summed E-state index contributed by atoms with van der Waals surface area (Å²) in [7, 11) is 2.09. The van der Waals surface area contributed by atoms with Gasteiger partial charge in [0.15, 0.2) is 0 Å². The highest BCUT2D eigenvalue weighted by Gasteiger charge is 2.25. The van der Waals surface area contributed by atoms with Crippen molar-refractivity contribution in [3.8, 4) is 0 Å². The largest absolute Gasteiger partial charge is 0.329 e. The van der Waals surface area contributed by atoms with E-state index in [1.54, 1.807) is 12.1 Å². The minimum Gasteiger partial charge on any atom is -0.329 e. The van der Waals surface area contributed by atoms with E-state index in [1.165, 1.54) is 37.8 Å². The fourth-order valence-electron chi connectivity index (χ4n) is 2.97. The van der Waals surface area contributed by atoms with Crippen molar-refractivity contribution in [2.45, 2.75) is 44.2 Å². The molecule has 1 saturated carbocycles. The molecule has 2 nitrogen and oxygen atoms in total. The van der Waals surface area contributed by atoms with E-state index < -0.39 is 6.43 Å². The quantitative estimate of drug-likeness (QED) is 0.885. The molecule has 0 aliphatic heterocycles. The van der Waals surface area contributed by atoms with Gasteiger partial charge in [-0.3, -0.25) is 4.90 Å². The Morgan fingerprint density at radius 2 is 1.68 bits per heavy atom. The van der Waals surface area contributed by atoms with Crippen LogP contribution in [0.4, 0.5) is 8.78 Å². The van der Waals surface area contributed by atoms with Crippen LogP contribution < -0.4 is 5.73 Å². The van der Waals surface area contributed by atoms with Crippen LogP contribution in [0.25, 0.3) is 0 Å². The van der Waals surface area contributed by atoms with Gasteiger partial charge in [0.25, 0.3) is 6.43 Å². The van der Waals surface area contributed by atoms with E-state index >= 15 is 0 Å². The molecule has 1 atom stereocenters. The number of halogens is 2. The maximum Gasteiger partial charge on any atom is 0.263 e. The molecule has 0 saturated heterocycles. The van der Waals surface area contributed by atoms with Gasteiger partial charge >= 0.3 is 0 Å². The van der Waals surface area contributed by atoms with E-state index in [-0.39, 0.29) is 11.6 Å². The van der Waals surface area contributed by atoms with Gasteiger partial charge in [0.05, 0.1) is 0 Å². The molecule has 0 bridgehead atoms. The summed E-state index contributed by atoms with van der Waals surface area (Å²) >= 11 is 0. The summed E-state index contributed by atoms with van der Waals surface area (Å²) in [6.45, 7) is 0.515. The summed E-state index contributed by atoms with van der Waals surface area (Å²) in [6.07, 6.45) is 2.57. The van der Waals surface area contributed by atoms with Crippen molar-refractivity contribution in [2.75, 3.05) is 13.6 Å². The zero-order chi connectivity index (χ0) is 13.8. The van der Waals surface area contributed by atoms with Crippen molar-refractivity contribution >= 4 is 0 Å². The van der Waals surface area contributed by atoms with Crippen LogP contribution in [0, 0.1) is 0 Å². The number of nitrogens with zero attached hydrogens (tertiary/aromatic N) is 1. The molecule has 1 aliphatic carbocycles. The van der Waals surface area contributed by atoms with Crippen molar-refractivity contribution in [1.29, 1.82) is 0 Å². The molecular weight excluding hydrogens is 246 g/mol. The summed E-state index contributed by atoms with van der Waals surface area (Å²) in [5.41, 5.74) is 6.98.